The van der Waals surface area contributed by atoms with Crippen LogP contribution >= 0.6 is 11.8 Å². The Morgan fingerprint density at radius 3 is 2.59 bits per heavy atom. The molecular weight excluding hydrogens is 294 g/mol. The van der Waals surface area contributed by atoms with E-state index < -0.39 is 0 Å². The number of ether oxygens (including phenoxy) is 1. The summed E-state index contributed by atoms with van der Waals surface area (Å²) in [6.45, 7) is 11.3. The second kappa shape index (κ2) is 8.03. The fourth-order valence-electron chi connectivity index (χ4n) is 2.01. The van der Waals surface area contributed by atoms with Gasteiger partial charge >= 0.3 is 0 Å². The van der Waals surface area contributed by atoms with Crippen molar-refractivity contribution >= 4 is 11.8 Å². The van der Waals surface area contributed by atoms with Crippen LogP contribution < -0.4 is 4.74 Å². The lowest BCUT2D eigenvalue weighted by molar-refractivity contribution is 0.289. The van der Waals surface area contributed by atoms with Crippen molar-refractivity contribution in [3.63, 3.8) is 0 Å². The predicted octanol–water partition coefficient (Wildman–Crippen LogP) is 4.11. The second-order valence-electron chi connectivity index (χ2n) is 5.25. The van der Waals surface area contributed by atoms with E-state index in [9.17, 15) is 0 Å². The molecule has 0 aliphatic heterocycles. The van der Waals surface area contributed by atoms with Crippen molar-refractivity contribution in [2.24, 2.45) is 0 Å². The van der Waals surface area contributed by atoms with Crippen LogP contribution in [0.25, 0.3) is 0 Å². The maximum Gasteiger partial charge on any atom is 0.191 e. The molecule has 5 heteroatoms. The number of benzene rings is 1. The average Bonchev–Trinajstić information content (AvgIpc) is 2.88. The lowest BCUT2D eigenvalue weighted by atomic mass is 10.2. The summed E-state index contributed by atoms with van der Waals surface area (Å²) in [7, 11) is 0. The van der Waals surface area contributed by atoms with Crippen LogP contribution in [0.3, 0.4) is 0 Å². The van der Waals surface area contributed by atoms with Crippen molar-refractivity contribution in [1.82, 2.24) is 14.8 Å². The van der Waals surface area contributed by atoms with E-state index in [-0.39, 0.29) is 0 Å². The number of nitrogens with zero attached hydrogens (tertiary/aromatic N) is 3. The van der Waals surface area contributed by atoms with Gasteiger partial charge in [-0.25, -0.2) is 0 Å². The third-order valence-electron chi connectivity index (χ3n) is 3.15. The summed E-state index contributed by atoms with van der Waals surface area (Å²) < 4.78 is 7.88. The van der Waals surface area contributed by atoms with E-state index in [1.807, 2.05) is 18.2 Å². The molecule has 1 aromatic heterocycles. The van der Waals surface area contributed by atoms with Crippen LogP contribution in [-0.4, -0.2) is 20.0 Å². The van der Waals surface area contributed by atoms with E-state index in [1.54, 1.807) is 11.8 Å². The van der Waals surface area contributed by atoms with Crippen molar-refractivity contribution in [2.45, 2.75) is 50.8 Å². The van der Waals surface area contributed by atoms with Gasteiger partial charge in [-0.15, -0.1) is 16.8 Å². The van der Waals surface area contributed by atoms with Gasteiger partial charge in [0.15, 0.2) is 11.0 Å². The molecule has 2 rings (SSSR count). The first-order chi connectivity index (χ1) is 10.6. The quantitative estimate of drug-likeness (QED) is 0.543. The van der Waals surface area contributed by atoms with Gasteiger partial charge in [-0.3, -0.25) is 4.57 Å². The molecule has 2 aromatic rings. The molecule has 0 amide bonds. The molecule has 0 bridgehead atoms. The number of aryl methyl sites for hydroxylation is 1. The van der Waals surface area contributed by atoms with Crippen LogP contribution in [0.1, 0.15) is 32.2 Å². The Morgan fingerprint density at radius 1 is 1.27 bits per heavy atom. The summed E-state index contributed by atoms with van der Waals surface area (Å²) in [6, 6.07) is 8.17. The van der Waals surface area contributed by atoms with Gasteiger partial charge in [0, 0.05) is 11.8 Å². The van der Waals surface area contributed by atoms with Gasteiger partial charge in [-0.05, 0) is 24.1 Å². The van der Waals surface area contributed by atoms with E-state index in [0.717, 1.165) is 23.2 Å². The largest absolute Gasteiger partial charge is 0.486 e. The van der Waals surface area contributed by atoms with E-state index in [1.165, 1.54) is 5.56 Å². The highest BCUT2D eigenvalue weighted by atomic mass is 32.2. The van der Waals surface area contributed by atoms with Crippen LogP contribution in [-0.2, 0) is 19.6 Å². The number of hydrogen-bond donors (Lipinski definition) is 0. The number of hydrogen-bond acceptors (Lipinski definition) is 4. The molecule has 4 nitrogen and oxygen atoms in total. The molecule has 0 spiro atoms. The zero-order valence-electron chi connectivity index (χ0n) is 13.5. The molecular formula is C17H23N3OS. The van der Waals surface area contributed by atoms with E-state index >= 15 is 0 Å². The molecule has 1 aromatic carbocycles. The first-order valence-corrected chi connectivity index (χ1v) is 8.43. The van der Waals surface area contributed by atoms with E-state index in [0.29, 0.717) is 18.4 Å². The average molecular weight is 317 g/mol. The number of allylic oxidation sites excluding steroid dienone is 1. The second-order valence-corrected chi connectivity index (χ2v) is 6.79. The van der Waals surface area contributed by atoms with Crippen LogP contribution in [0.15, 0.2) is 42.1 Å². The summed E-state index contributed by atoms with van der Waals surface area (Å²) in [5, 5.41) is 9.89. The highest BCUT2D eigenvalue weighted by Gasteiger charge is 2.13. The van der Waals surface area contributed by atoms with Crippen molar-refractivity contribution < 1.29 is 4.74 Å². The highest BCUT2D eigenvalue weighted by Crippen LogP contribution is 2.22. The Kier molecular flexibility index (Phi) is 6.07. The van der Waals surface area contributed by atoms with E-state index in [4.69, 9.17) is 4.74 Å². The minimum Gasteiger partial charge on any atom is -0.486 e. The summed E-state index contributed by atoms with van der Waals surface area (Å²) >= 11 is 1.70. The third kappa shape index (κ3) is 4.37. The minimum atomic E-state index is 0.408. The van der Waals surface area contributed by atoms with Gasteiger partial charge in [0.1, 0.15) is 12.4 Å². The highest BCUT2D eigenvalue weighted by molar-refractivity contribution is 7.99. The van der Waals surface area contributed by atoms with Gasteiger partial charge in [-0.1, -0.05) is 50.7 Å². The van der Waals surface area contributed by atoms with Crippen molar-refractivity contribution in [3.8, 4) is 5.75 Å². The molecule has 0 fully saturated rings. The summed E-state index contributed by atoms with van der Waals surface area (Å²) in [4.78, 5) is 0. The molecule has 0 saturated carbocycles. The Balaban J connectivity index is 2.07. The maximum atomic E-state index is 5.83. The fraction of sp³-hybridized carbons (Fsp3) is 0.412. The topological polar surface area (TPSA) is 39.9 Å². The number of rotatable bonds is 8. The van der Waals surface area contributed by atoms with Gasteiger partial charge in [0.2, 0.25) is 0 Å². The number of aromatic nitrogens is 3. The molecule has 0 unspecified atom stereocenters. The predicted molar refractivity (Wildman–Crippen MR) is 91.4 cm³/mol. The molecule has 0 atom stereocenters. The zero-order valence-corrected chi connectivity index (χ0v) is 14.3. The maximum absolute atomic E-state index is 5.83. The standard InChI is InChI=1S/C17H23N3OS/c1-5-11-20-16(18-19-17(20)22-13(3)4)12-21-15-9-7-14(6-2)8-10-15/h5,7-10,13H,1,6,11-12H2,2-4H3. The van der Waals surface area contributed by atoms with Crippen molar-refractivity contribution in [1.29, 1.82) is 0 Å². The van der Waals surface area contributed by atoms with Crippen LogP contribution in [0.4, 0.5) is 0 Å². The van der Waals surface area contributed by atoms with Gasteiger partial charge < -0.3 is 4.74 Å². The molecule has 0 radical (unpaired) electrons. The molecule has 0 N–H and O–H groups in total. The van der Waals surface area contributed by atoms with Crippen LogP contribution in [0, 0.1) is 0 Å². The molecule has 118 valence electrons. The van der Waals surface area contributed by atoms with Gasteiger partial charge in [0.05, 0.1) is 0 Å². The first kappa shape index (κ1) is 16.6. The zero-order chi connectivity index (χ0) is 15.9. The lowest BCUT2D eigenvalue weighted by Gasteiger charge is -2.10. The normalized spacial score (nSPS) is 10.9. The van der Waals surface area contributed by atoms with Crippen LogP contribution in [0.2, 0.25) is 0 Å². The monoisotopic (exact) mass is 317 g/mol. The SMILES string of the molecule is C=CCn1c(COc2ccc(CC)cc2)nnc1SC(C)C. The summed E-state index contributed by atoms with van der Waals surface area (Å²) in [5.41, 5.74) is 1.30. The molecule has 22 heavy (non-hydrogen) atoms. The number of thioether (sulfide) groups is 1. The van der Waals surface area contributed by atoms with Gasteiger partial charge in [-0.2, -0.15) is 0 Å². The lowest BCUT2D eigenvalue weighted by Crippen LogP contribution is -2.08. The third-order valence-corrected chi connectivity index (χ3v) is 4.13. The Hall–Kier alpha value is -1.75. The molecule has 0 aliphatic rings. The first-order valence-electron chi connectivity index (χ1n) is 7.55. The summed E-state index contributed by atoms with van der Waals surface area (Å²) in [5.74, 6) is 1.67. The molecule has 0 aliphatic carbocycles. The molecule has 1 heterocycles. The molecule has 0 saturated heterocycles. The Bertz CT molecular complexity index is 605. The minimum absolute atomic E-state index is 0.408. The smallest absolute Gasteiger partial charge is 0.191 e. The van der Waals surface area contributed by atoms with Gasteiger partial charge in [0.25, 0.3) is 0 Å². The Morgan fingerprint density at radius 2 is 2.00 bits per heavy atom. The Labute approximate surface area is 136 Å². The van der Waals surface area contributed by atoms with Crippen LogP contribution in [0.5, 0.6) is 5.75 Å². The van der Waals surface area contributed by atoms with Crippen molar-refractivity contribution in [2.75, 3.05) is 0 Å². The fourth-order valence-corrected chi connectivity index (χ4v) is 2.82. The van der Waals surface area contributed by atoms with Crippen molar-refractivity contribution in [3.05, 3.63) is 48.3 Å². The van der Waals surface area contributed by atoms with E-state index in [2.05, 4.69) is 54.2 Å². The summed E-state index contributed by atoms with van der Waals surface area (Å²) in [6.07, 6.45) is 2.89.